The molecular formula is C42H49NO5. The Bertz CT molecular complexity index is 1720. The van der Waals surface area contributed by atoms with Crippen molar-refractivity contribution in [3.8, 4) is 16.9 Å². The van der Waals surface area contributed by atoms with Gasteiger partial charge in [0.2, 0.25) is 0 Å². The monoisotopic (exact) mass is 647 g/mol. The van der Waals surface area contributed by atoms with Crippen LogP contribution in [0.4, 0.5) is 4.79 Å². The van der Waals surface area contributed by atoms with Crippen molar-refractivity contribution in [2.75, 3.05) is 6.54 Å². The zero-order chi connectivity index (χ0) is 35.1. The highest BCUT2D eigenvalue weighted by Crippen LogP contribution is 2.51. The highest BCUT2D eigenvalue weighted by molar-refractivity contribution is 5.85. The quantitative estimate of drug-likeness (QED) is 0.226. The lowest BCUT2D eigenvalue weighted by Crippen LogP contribution is -2.42. The summed E-state index contributed by atoms with van der Waals surface area (Å²) >= 11 is 0. The maximum Gasteiger partial charge on any atom is 0.443 e. The van der Waals surface area contributed by atoms with Gasteiger partial charge < -0.3 is 14.7 Å². The van der Waals surface area contributed by atoms with Crippen LogP contribution >= 0.6 is 0 Å². The van der Waals surface area contributed by atoms with Crippen molar-refractivity contribution >= 4 is 12.1 Å². The average Bonchev–Trinajstić information content (AvgIpc) is 3.33. The maximum absolute atomic E-state index is 14.6. The molecule has 1 N–H and O–H groups in total. The summed E-state index contributed by atoms with van der Waals surface area (Å²) in [4.78, 5) is 33.9. The lowest BCUT2D eigenvalue weighted by atomic mass is 9.64. The van der Waals surface area contributed by atoms with Crippen molar-refractivity contribution in [1.82, 2.24) is 5.06 Å². The first-order valence-corrected chi connectivity index (χ1v) is 16.7. The summed E-state index contributed by atoms with van der Waals surface area (Å²) in [7, 11) is 0. The molecule has 4 aromatic rings. The molecule has 5 rings (SSSR count). The fourth-order valence-electron chi connectivity index (χ4n) is 6.65. The number of aromatic hydroxyl groups is 1. The average molecular weight is 648 g/mol. The lowest BCUT2D eigenvalue weighted by Gasteiger charge is -2.37. The topological polar surface area (TPSA) is 76.1 Å². The van der Waals surface area contributed by atoms with Crippen molar-refractivity contribution in [2.45, 2.75) is 91.1 Å². The number of hydrogen-bond donors (Lipinski definition) is 1. The number of carbonyl (C=O) groups is 2. The Labute approximate surface area is 285 Å². The smallest absolute Gasteiger partial charge is 0.443 e. The minimum Gasteiger partial charge on any atom is -0.507 e. The SMILES string of the molecule is CC(C)(C)OC(=O)N1C[C@](Cc2ccc(-c3ccccc3)cc2)([C@@H](c2ccccc2)c2cc(C(C)(C)C)c(O)c(C(C)(C)C)c2)C(=O)O1. The molecule has 2 atom stereocenters. The molecule has 0 saturated carbocycles. The molecule has 0 unspecified atom stereocenters. The second kappa shape index (κ2) is 12.8. The first-order chi connectivity index (χ1) is 22.4. The van der Waals surface area contributed by atoms with Gasteiger partial charge in [0.15, 0.2) is 0 Å². The van der Waals surface area contributed by atoms with Crippen LogP contribution in [0, 0.1) is 5.41 Å². The van der Waals surface area contributed by atoms with Crippen molar-refractivity contribution in [3.63, 3.8) is 0 Å². The van der Waals surface area contributed by atoms with Gasteiger partial charge in [-0.3, -0.25) is 0 Å². The number of hydroxylamine groups is 2. The molecule has 1 heterocycles. The Morgan fingerprint density at radius 1 is 0.771 bits per heavy atom. The van der Waals surface area contributed by atoms with Crippen molar-refractivity contribution < 1.29 is 24.3 Å². The van der Waals surface area contributed by atoms with Gasteiger partial charge >= 0.3 is 12.1 Å². The number of hydrogen-bond acceptors (Lipinski definition) is 5. The van der Waals surface area contributed by atoms with Crippen molar-refractivity contribution in [1.29, 1.82) is 0 Å². The van der Waals surface area contributed by atoms with Crippen molar-refractivity contribution in [2.24, 2.45) is 5.41 Å². The van der Waals surface area contributed by atoms with Gasteiger partial charge in [-0.05, 0) is 77.0 Å². The summed E-state index contributed by atoms with van der Waals surface area (Å²) in [6.45, 7) is 17.8. The van der Waals surface area contributed by atoms with E-state index in [1.807, 2.05) is 72.8 Å². The molecule has 1 aliphatic heterocycles. The van der Waals surface area contributed by atoms with Crippen LogP contribution in [0.25, 0.3) is 11.1 Å². The fraction of sp³-hybridized carbons (Fsp3) is 0.381. The number of nitrogens with zero attached hydrogens (tertiary/aromatic N) is 1. The summed E-state index contributed by atoms with van der Waals surface area (Å²) in [6.07, 6.45) is -0.406. The van der Waals surface area contributed by atoms with E-state index in [9.17, 15) is 14.7 Å². The third-order valence-electron chi connectivity index (χ3n) is 8.97. The normalized spacial score (nSPS) is 17.6. The van der Waals surface area contributed by atoms with Gasteiger partial charge in [-0.1, -0.05) is 139 Å². The van der Waals surface area contributed by atoms with E-state index in [0.29, 0.717) is 6.42 Å². The van der Waals surface area contributed by atoms with E-state index in [1.54, 1.807) is 20.8 Å². The van der Waals surface area contributed by atoms with E-state index in [1.165, 1.54) is 0 Å². The fourth-order valence-corrected chi connectivity index (χ4v) is 6.65. The van der Waals surface area contributed by atoms with Gasteiger partial charge in [0, 0.05) is 5.92 Å². The summed E-state index contributed by atoms with van der Waals surface area (Å²) in [6, 6.07) is 32.4. The van der Waals surface area contributed by atoms with Crippen LogP contribution in [-0.2, 0) is 31.6 Å². The first-order valence-electron chi connectivity index (χ1n) is 16.7. The molecule has 0 spiro atoms. The van der Waals surface area contributed by atoms with Crippen LogP contribution in [0.15, 0.2) is 97.1 Å². The Kier molecular flexibility index (Phi) is 9.26. The molecule has 0 bridgehead atoms. The molecule has 252 valence electrons. The summed E-state index contributed by atoms with van der Waals surface area (Å²) in [5, 5.41) is 12.7. The van der Waals surface area contributed by atoms with Crippen LogP contribution < -0.4 is 0 Å². The van der Waals surface area contributed by atoms with Crippen LogP contribution in [0.3, 0.4) is 0 Å². The molecule has 1 fully saturated rings. The van der Waals surface area contributed by atoms with E-state index < -0.39 is 29.0 Å². The highest BCUT2D eigenvalue weighted by Gasteiger charge is 2.57. The molecule has 1 saturated heterocycles. The first kappa shape index (κ1) is 34.7. The second-order valence-corrected chi connectivity index (χ2v) is 16.1. The van der Waals surface area contributed by atoms with Crippen LogP contribution in [0.5, 0.6) is 5.75 Å². The molecule has 0 aromatic heterocycles. The Morgan fingerprint density at radius 2 is 1.27 bits per heavy atom. The zero-order valence-electron chi connectivity index (χ0n) is 29.8. The Morgan fingerprint density at radius 3 is 1.77 bits per heavy atom. The van der Waals surface area contributed by atoms with Gasteiger partial charge in [-0.25, -0.2) is 9.59 Å². The van der Waals surface area contributed by atoms with Gasteiger partial charge in [0.1, 0.15) is 16.8 Å². The molecule has 0 radical (unpaired) electrons. The molecule has 1 amide bonds. The summed E-state index contributed by atoms with van der Waals surface area (Å²) in [5.41, 5.74) is 3.70. The minimum absolute atomic E-state index is 0.0165. The number of benzene rings is 4. The van der Waals surface area contributed by atoms with Crippen LogP contribution in [0.2, 0.25) is 0 Å². The maximum atomic E-state index is 14.6. The predicted molar refractivity (Wildman–Crippen MR) is 191 cm³/mol. The molecule has 48 heavy (non-hydrogen) atoms. The lowest BCUT2D eigenvalue weighted by molar-refractivity contribution is -0.169. The zero-order valence-corrected chi connectivity index (χ0v) is 29.8. The minimum atomic E-state index is -1.23. The van der Waals surface area contributed by atoms with Gasteiger partial charge in [0.25, 0.3) is 0 Å². The number of ether oxygens (including phenoxy) is 1. The standard InChI is InChI=1S/C42H49NO5/c1-39(2,3)33-24-32(25-34(36(33)44)40(4,5)6)35(31-18-14-11-15-19-31)42(27-43(48-37(42)45)38(46)47-41(7,8)9)26-28-20-22-30(23-21-28)29-16-12-10-13-17-29/h10-25,35,44H,26-27H2,1-9H3/t35-,42+/m0/s1. The largest absolute Gasteiger partial charge is 0.507 e. The summed E-state index contributed by atoms with van der Waals surface area (Å²) in [5.74, 6) is -0.771. The van der Waals surface area contributed by atoms with E-state index in [-0.39, 0.29) is 23.1 Å². The molecular weight excluding hydrogens is 598 g/mol. The van der Waals surface area contributed by atoms with Crippen LogP contribution in [-0.4, -0.2) is 34.4 Å². The molecule has 1 aliphatic rings. The Balaban J connectivity index is 1.74. The third kappa shape index (κ3) is 7.28. The number of carbonyl (C=O) groups excluding carboxylic acids is 2. The molecule has 6 heteroatoms. The van der Waals surface area contributed by atoms with Gasteiger partial charge in [-0.2, -0.15) is 0 Å². The number of rotatable bonds is 6. The highest BCUT2D eigenvalue weighted by atomic mass is 16.8. The van der Waals surface area contributed by atoms with E-state index in [2.05, 4.69) is 65.8 Å². The molecule has 6 nitrogen and oxygen atoms in total. The second-order valence-electron chi connectivity index (χ2n) is 16.1. The summed E-state index contributed by atoms with van der Waals surface area (Å²) < 4.78 is 5.69. The number of phenols is 1. The third-order valence-corrected chi connectivity index (χ3v) is 8.97. The van der Waals surface area contributed by atoms with Gasteiger partial charge in [-0.15, -0.1) is 5.06 Å². The van der Waals surface area contributed by atoms with E-state index >= 15 is 0 Å². The molecule has 0 aliphatic carbocycles. The Hall–Kier alpha value is -4.58. The van der Waals surface area contributed by atoms with Crippen molar-refractivity contribution in [3.05, 3.63) is 125 Å². The number of amides is 1. The predicted octanol–water partition coefficient (Wildman–Crippen LogP) is 9.72. The van der Waals surface area contributed by atoms with E-state index in [4.69, 9.17) is 9.57 Å². The van der Waals surface area contributed by atoms with E-state index in [0.717, 1.165) is 44.0 Å². The van der Waals surface area contributed by atoms with Gasteiger partial charge in [0.05, 0.1) is 6.54 Å². The molecule has 4 aromatic carbocycles. The number of phenolic OH excluding ortho intramolecular Hbond substituents is 1. The van der Waals surface area contributed by atoms with Crippen LogP contribution in [0.1, 0.15) is 96.0 Å².